The van der Waals surface area contributed by atoms with Crippen molar-refractivity contribution in [3.05, 3.63) is 48.5 Å². The van der Waals surface area contributed by atoms with Crippen LogP contribution in [0.5, 0.6) is 0 Å². The third-order valence-electron chi connectivity index (χ3n) is 3.17. The van der Waals surface area contributed by atoms with E-state index < -0.39 is 9.84 Å². The van der Waals surface area contributed by atoms with Crippen molar-refractivity contribution in [3.8, 4) is 11.4 Å². The van der Waals surface area contributed by atoms with Crippen LogP contribution in [0.15, 0.2) is 53.4 Å². The molecular weight excluding hydrogens is 286 g/mol. The lowest BCUT2D eigenvalue weighted by molar-refractivity contribution is 0.602. The van der Waals surface area contributed by atoms with Crippen molar-refractivity contribution in [2.75, 3.05) is 12.0 Å². The van der Waals surface area contributed by atoms with Gasteiger partial charge in [0.25, 0.3) is 0 Å². The lowest BCUT2D eigenvalue weighted by Crippen LogP contribution is -1.99. The fourth-order valence-corrected chi connectivity index (χ4v) is 2.71. The molecule has 0 radical (unpaired) electrons. The van der Waals surface area contributed by atoms with E-state index in [4.69, 9.17) is 5.73 Å². The van der Waals surface area contributed by atoms with E-state index >= 15 is 0 Å². The highest BCUT2D eigenvalue weighted by Gasteiger charge is 2.10. The summed E-state index contributed by atoms with van der Waals surface area (Å²) >= 11 is 0. The van der Waals surface area contributed by atoms with Crippen molar-refractivity contribution in [1.82, 2.24) is 9.97 Å². The van der Waals surface area contributed by atoms with Gasteiger partial charge in [-0.05, 0) is 36.4 Å². The molecule has 2 N–H and O–H groups in total. The molecule has 0 unspecified atom stereocenters. The number of anilines is 1. The first kappa shape index (κ1) is 13.5. The van der Waals surface area contributed by atoms with E-state index in [9.17, 15) is 8.42 Å². The molecule has 0 atom stereocenters. The SMILES string of the molecule is CS(=O)(=O)c1ccc(-c2nc(N)c3ccccc3n2)cc1. The van der Waals surface area contributed by atoms with Crippen LogP contribution in [0.2, 0.25) is 0 Å². The van der Waals surface area contributed by atoms with Gasteiger partial charge in [-0.25, -0.2) is 18.4 Å². The molecule has 0 amide bonds. The number of hydrogen-bond acceptors (Lipinski definition) is 5. The highest BCUT2D eigenvalue weighted by atomic mass is 32.2. The fourth-order valence-electron chi connectivity index (χ4n) is 2.08. The minimum Gasteiger partial charge on any atom is -0.383 e. The number of benzene rings is 2. The van der Waals surface area contributed by atoms with Crippen LogP contribution >= 0.6 is 0 Å². The molecule has 1 heterocycles. The molecule has 0 saturated heterocycles. The summed E-state index contributed by atoms with van der Waals surface area (Å²) in [5.74, 6) is 0.883. The number of sulfone groups is 1. The molecule has 106 valence electrons. The predicted molar refractivity (Wildman–Crippen MR) is 82.5 cm³/mol. The van der Waals surface area contributed by atoms with Crippen LogP contribution in [0.4, 0.5) is 5.82 Å². The summed E-state index contributed by atoms with van der Waals surface area (Å²) in [4.78, 5) is 9.00. The van der Waals surface area contributed by atoms with Gasteiger partial charge in [-0.15, -0.1) is 0 Å². The molecule has 0 saturated carbocycles. The predicted octanol–water partition coefficient (Wildman–Crippen LogP) is 2.28. The maximum absolute atomic E-state index is 11.5. The largest absolute Gasteiger partial charge is 0.383 e. The Morgan fingerprint density at radius 1 is 0.952 bits per heavy atom. The van der Waals surface area contributed by atoms with Gasteiger partial charge in [0.05, 0.1) is 10.4 Å². The quantitative estimate of drug-likeness (QED) is 0.784. The van der Waals surface area contributed by atoms with Gasteiger partial charge in [-0.1, -0.05) is 12.1 Å². The fraction of sp³-hybridized carbons (Fsp3) is 0.0667. The number of nitrogens with zero attached hydrogens (tertiary/aromatic N) is 2. The molecular formula is C15H13N3O2S. The Balaban J connectivity index is 2.12. The van der Waals surface area contributed by atoms with Crippen molar-refractivity contribution in [2.45, 2.75) is 4.90 Å². The number of rotatable bonds is 2. The first-order chi connectivity index (χ1) is 9.95. The van der Waals surface area contributed by atoms with E-state index in [0.29, 0.717) is 11.6 Å². The zero-order valence-corrected chi connectivity index (χ0v) is 12.1. The van der Waals surface area contributed by atoms with Crippen LogP contribution in [0.1, 0.15) is 0 Å². The summed E-state index contributed by atoms with van der Waals surface area (Å²) < 4.78 is 22.9. The molecule has 3 rings (SSSR count). The molecule has 5 nitrogen and oxygen atoms in total. The maximum atomic E-state index is 11.5. The van der Waals surface area contributed by atoms with Gasteiger partial charge in [-0.3, -0.25) is 0 Å². The van der Waals surface area contributed by atoms with Gasteiger partial charge in [0.1, 0.15) is 5.82 Å². The molecule has 0 bridgehead atoms. The van der Waals surface area contributed by atoms with Gasteiger partial charge in [-0.2, -0.15) is 0 Å². The van der Waals surface area contributed by atoms with Crippen molar-refractivity contribution in [2.24, 2.45) is 0 Å². The average Bonchev–Trinajstić information content (AvgIpc) is 2.46. The summed E-state index contributed by atoms with van der Waals surface area (Å²) in [6.45, 7) is 0. The maximum Gasteiger partial charge on any atom is 0.175 e. The Morgan fingerprint density at radius 2 is 1.62 bits per heavy atom. The first-order valence-electron chi connectivity index (χ1n) is 6.28. The molecule has 0 aliphatic carbocycles. The van der Waals surface area contributed by atoms with Gasteiger partial charge >= 0.3 is 0 Å². The van der Waals surface area contributed by atoms with Gasteiger partial charge in [0.2, 0.25) is 0 Å². The molecule has 0 aliphatic rings. The summed E-state index contributed by atoms with van der Waals surface area (Å²) in [6.07, 6.45) is 1.17. The monoisotopic (exact) mass is 299 g/mol. The Hall–Kier alpha value is -2.47. The van der Waals surface area contributed by atoms with Crippen LogP contribution in [-0.4, -0.2) is 24.6 Å². The number of fused-ring (bicyclic) bond motifs is 1. The third kappa shape index (κ3) is 2.57. The summed E-state index contributed by atoms with van der Waals surface area (Å²) in [5, 5.41) is 0.800. The highest BCUT2D eigenvalue weighted by molar-refractivity contribution is 7.90. The van der Waals surface area contributed by atoms with Crippen molar-refractivity contribution < 1.29 is 8.42 Å². The number of para-hydroxylation sites is 1. The second-order valence-corrected chi connectivity index (χ2v) is 6.76. The lowest BCUT2D eigenvalue weighted by Gasteiger charge is -2.06. The Kier molecular flexibility index (Phi) is 3.10. The molecule has 0 spiro atoms. The molecule has 0 fully saturated rings. The van der Waals surface area contributed by atoms with E-state index in [0.717, 1.165) is 16.5 Å². The Bertz CT molecular complexity index is 919. The number of hydrogen-bond donors (Lipinski definition) is 1. The lowest BCUT2D eigenvalue weighted by atomic mass is 10.2. The second-order valence-electron chi connectivity index (χ2n) is 4.75. The average molecular weight is 299 g/mol. The summed E-state index contributed by atoms with van der Waals surface area (Å²) in [6, 6.07) is 13.9. The number of aromatic nitrogens is 2. The zero-order chi connectivity index (χ0) is 15.0. The zero-order valence-electron chi connectivity index (χ0n) is 11.3. The number of nitrogen functional groups attached to an aromatic ring is 1. The first-order valence-corrected chi connectivity index (χ1v) is 8.17. The van der Waals surface area contributed by atoms with E-state index in [1.54, 1.807) is 24.3 Å². The van der Waals surface area contributed by atoms with Crippen LogP contribution in [0.3, 0.4) is 0 Å². The molecule has 21 heavy (non-hydrogen) atoms. The van der Waals surface area contributed by atoms with Gasteiger partial charge < -0.3 is 5.73 Å². The van der Waals surface area contributed by atoms with Crippen molar-refractivity contribution in [1.29, 1.82) is 0 Å². The van der Waals surface area contributed by atoms with E-state index in [1.165, 1.54) is 6.26 Å². The minimum absolute atomic E-state index is 0.264. The van der Waals surface area contributed by atoms with E-state index in [2.05, 4.69) is 9.97 Å². The van der Waals surface area contributed by atoms with Crippen LogP contribution in [-0.2, 0) is 9.84 Å². The molecule has 2 aromatic carbocycles. The topological polar surface area (TPSA) is 85.9 Å². The standard InChI is InChI=1S/C15H13N3O2S/c1-21(19,20)11-8-6-10(7-9-11)15-17-13-5-3-2-4-12(13)14(16)18-15/h2-9H,1H3,(H2,16,17,18). The minimum atomic E-state index is -3.21. The normalized spacial score (nSPS) is 11.7. The van der Waals surface area contributed by atoms with Crippen LogP contribution in [0, 0.1) is 0 Å². The smallest absolute Gasteiger partial charge is 0.175 e. The van der Waals surface area contributed by atoms with Gasteiger partial charge in [0.15, 0.2) is 15.7 Å². The highest BCUT2D eigenvalue weighted by Crippen LogP contribution is 2.23. The Labute approximate surface area is 122 Å². The molecule has 6 heteroatoms. The summed E-state index contributed by atoms with van der Waals surface area (Å²) in [7, 11) is -3.21. The molecule has 0 aliphatic heterocycles. The van der Waals surface area contributed by atoms with Crippen molar-refractivity contribution >= 4 is 26.6 Å². The third-order valence-corrected chi connectivity index (χ3v) is 4.30. The van der Waals surface area contributed by atoms with Crippen LogP contribution in [0.25, 0.3) is 22.3 Å². The van der Waals surface area contributed by atoms with E-state index in [1.807, 2.05) is 24.3 Å². The Morgan fingerprint density at radius 3 is 2.29 bits per heavy atom. The number of nitrogens with two attached hydrogens (primary N) is 1. The molecule has 1 aromatic heterocycles. The van der Waals surface area contributed by atoms with Crippen molar-refractivity contribution in [3.63, 3.8) is 0 Å². The summed E-state index contributed by atoms with van der Waals surface area (Å²) in [5.41, 5.74) is 7.43. The molecule has 3 aromatic rings. The second kappa shape index (κ2) is 4.82. The van der Waals surface area contributed by atoms with Gasteiger partial charge in [0, 0.05) is 17.2 Å². The van der Waals surface area contributed by atoms with E-state index in [-0.39, 0.29) is 4.90 Å². The van der Waals surface area contributed by atoms with Crippen LogP contribution < -0.4 is 5.73 Å².